The molecule has 1 aliphatic rings. The van der Waals surface area contributed by atoms with Crippen LogP contribution < -0.4 is 10.2 Å². The van der Waals surface area contributed by atoms with Crippen molar-refractivity contribution in [3.63, 3.8) is 0 Å². The van der Waals surface area contributed by atoms with Crippen LogP contribution in [0.1, 0.15) is 15.6 Å². The molecule has 5 nitrogen and oxygen atoms in total. The number of guanidine groups is 1. The molecule has 1 aliphatic heterocycles. The minimum Gasteiger partial charge on any atom is -0.366 e. The van der Waals surface area contributed by atoms with Gasteiger partial charge in [0.05, 0.1) is 17.9 Å². The van der Waals surface area contributed by atoms with Crippen LogP contribution in [-0.4, -0.2) is 49.1 Å². The summed E-state index contributed by atoms with van der Waals surface area (Å²) in [4.78, 5) is 14.5. The van der Waals surface area contributed by atoms with E-state index in [1.54, 1.807) is 24.5 Å². The first-order valence-corrected chi connectivity index (χ1v) is 9.28. The van der Waals surface area contributed by atoms with Gasteiger partial charge in [-0.1, -0.05) is 12.1 Å². The zero-order chi connectivity index (χ0) is 17.8. The molecule has 0 saturated carbocycles. The van der Waals surface area contributed by atoms with Crippen molar-refractivity contribution in [2.75, 3.05) is 38.1 Å². The van der Waals surface area contributed by atoms with E-state index in [4.69, 9.17) is 0 Å². The van der Waals surface area contributed by atoms with Gasteiger partial charge in [-0.3, -0.25) is 4.99 Å². The van der Waals surface area contributed by atoms with Gasteiger partial charge in [0.1, 0.15) is 10.8 Å². The van der Waals surface area contributed by atoms with E-state index >= 15 is 0 Å². The van der Waals surface area contributed by atoms with E-state index in [1.807, 2.05) is 19.1 Å². The summed E-state index contributed by atoms with van der Waals surface area (Å²) in [7, 11) is 1.80. The standard InChI is InChI=1S/C18H24FN5S.HI/c1-13-14(2)25-17(22-13)12-21-18(20-3)24-10-8-23(9-11-24)16-7-5-4-6-15(16)19;/h4-7H,8-12H2,1-3H3,(H,20,21);1H. The number of halogens is 2. The Balaban J connectivity index is 0.00000243. The summed E-state index contributed by atoms with van der Waals surface area (Å²) in [6, 6.07) is 6.96. The second kappa shape index (κ2) is 9.50. The topological polar surface area (TPSA) is 43.8 Å². The van der Waals surface area contributed by atoms with Crippen LogP contribution >= 0.6 is 35.3 Å². The maximum Gasteiger partial charge on any atom is 0.194 e. The fourth-order valence-corrected chi connectivity index (χ4v) is 3.84. The molecule has 1 saturated heterocycles. The minimum atomic E-state index is -0.159. The first-order chi connectivity index (χ1) is 12.1. The van der Waals surface area contributed by atoms with Crippen LogP contribution in [-0.2, 0) is 6.54 Å². The van der Waals surface area contributed by atoms with Gasteiger partial charge in [-0.15, -0.1) is 35.3 Å². The van der Waals surface area contributed by atoms with Gasteiger partial charge in [0.2, 0.25) is 0 Å². The number of benzene rings is 1. The highest BCUT2D eigenvalue weighted by molar-refractivity contribution is 14.0. The van der Waals surface area contributed by atoms with E-state index in [1.165, 1.54) is 10.9 Å². The fourth-order valence-electron chi connectivity index (χ4n) is 2.97. The Labute approximate surface area is 175 Å². The second-order valence-corrected chi connectivity index (χ2v) is 7.36. The van der Waals surface area contributed by atoms with Gasteiger partial charge in [-0.05, 0) is 26.0 Å². The van der Waals surface area contributed by atoms with E-state index in [2.05, 4.69) is 32.0 Å². The van der Waals surface area contributed by atoms with Gasteiger partial charge >= 0.3 is 0 Å². The number of nitrogens with zero attached hydrogens (tertiary/aromatic N) is 4. The number of hydrogen-bond donors (Lipinski definition) is 1. The highest BCUT2D eigenvalue weighted by Crippen LogP contribution is 2.20. The maximum absolute atomic E-state index is 13.9. The number of thiazole rings is 1. The Hall–Kier alpha value is -1.42. The third kappa shape index (κ3) is 4.85. The quantitative estimate of drug-likeness (QED) is 0.408. The molecule has 2 heterocycles. The molecule has 3 rings (SSSR count). The van der Waals surface area contributed by atoms with Gasteiger partial charge in [0.15, 0.2) is 5.96 Å². The molecule has 1 N–H and O–H groups in total. The summed E-state index contributed by atoms with van der Waals surface area (Å²) in [6.45, 7) is 7.97. The van der Waals surface area contributed by atoms with Crippen LogP contribution in [0.25, 0.3) is 0 Å². The average Bonchev–Trinajstić information content (AvgIpc) is 2.94. The van der Waals surface area contributed by atoms with Crippen molar-refractivity contribution < 1.29 is 4.39 Å². The molecule has 0 unspecified atom stereocenters. The largest absolute Gasteiger partial charge is 0.366 e. The van der Waals surface area contributed by atoms with Crippen LogP contribution in [0.2, 0.25) is 0 Å². The summed E-state index contributed by atoms with van der Waals surface area (Å²) in [5.74, 6) is 0.714. The third-order valence-corrected chi connectivity index (χ3v) is 5.53. The number of para-hydroxylation sites is 1. The van der Waals surface area contributed by atoms with E-state index in [9.17, 15) is 4.39 Å². The predicted molar refractivity (Wildman–Crippen MR) is 117 cm³/mol. The Bertz CT molecular complexity index is 736. The molecule has 142 valence electrons. The highest BCUT2D eigenvalue weighted by atomic mass is 127. The minimum absolute atomic E-state index is 0. The lowest BCUT2D eigenvalue weighted by Crippen LogP contribution is -2.52. The molecule has 1 aromatic heterocycles. The summed E-state index contributed by atoms with van der Waals surface area (Å²) in [5.41, 5.74) is 1.77. The van der Waals surface area contributed by atoms with Crippen LogP contribution in [0.5, 0.6) is 0 Å². The SMILES string of the molecule is CN=C(NCc1nc(C)c(C)s1)N1CCN(c2ccccc2F)CC1.I. The van der Waals surface area contributed by atoms with Crippen molar-refractivity contribution in [2.45, 2.75) is 20.4 Å². The van der Waals surface area contributed by atoms with E-state index in [0.29, 0.717) is 12.2 Å². The highest BCUT2D eigenvalue weighted by Gasteiger charge is 2.21. The van der Waals surface area contributed by atoms with Gasteiger partial charge in [0.25, 0.3) is 0 Å². The normalized spacial score (nSPS) is 15.0. The van der Waals surface area contributed by atoms with Crippen molar-refractivity contribution in [1.82, 2.24) is 15.2 Å². The molecule has 2 aromatic rings. The Morgan fingerprint density at radius 3 is 2.50 bits per heavy atom. The number of aryl methyl sites for hydroxylation is 2. The van der Waals surface area contributed by atoms with E-state index in [0.717, 1.165) is 42.8 Å². The monoisotopic (exact) mass is 489 g/mol. The number of aliphatic imine (C=N–C) groups is 1. The smallest absolute Gasteiger partial charge is 0.194 e. The number of nitrogens with one attached hydrogen (secondary N) is 1. The molecule has 26 heavy (non-hydrogen) atoms. The van der Waals surface area contributed by atoms with Crippen LogP contribution in [0.4, 0.5) is 10.1 Å². The van der Waals surface area contributed by atoms with E-state index in [-0.39, 0.29) is 29.8 Å². The van der Waals surface area contributed by atoms with Crippen molar-refractivity contribution in [1.29, 1.82) is 0 Å². The molecule has 0 amide bonds. The van der Waals surface area contributed by atoms with Crippen molar-refractivity contribution in [3.05, 3.63) is 45.7 Å². The van der Waals surface area contributed by atoms with Crippen molar-refractivity contribution in [3.8, 4) is 0 Å². The number of rotatable bonds is 3. The molecule has 0 atom stereocenters. The summed E-state index contributed by atoms with van der Waals surface area (Å²) >= 11 is 1.72. The molecule has 1 aromatic carbocycles. The molecule has 0 aliphatic carbocycles. The Morgan fingerprint density at radius 2 is 1.92 bits per heavy atom. The maximum atomic E-state index is 13.9. The van der Waals surface area contributed by atoms with E-state index < -0.39 is 0 Å². The number of anilines is 1. The van der Waals surface area contributed by atoms with Gasteiger partial charge < -0.3 is 15.1 Å². The molecule has 1 fully saturated rings. The summed E-state index contributed by atoms with van der Waals surface area (Å²) in [6.07, 6.45) is 0. The lowest BCUT2D eigenvalue weighted by molar-refractivity contribution is 0.370. The predicted octanol–water partition coefficient (Wildman–Crippen LogP) is 3.41. The zero-order valence-electron chi connectivity index (χ0n) is 15.3. The number of piperazine rings is 1. The lowest BCUT2D eigenvalue weighted by Gasteiger charge is -2.37. The van der Waals surface area contributed by atoms with Crippen LogP contribution in [0, 0.1) is 19.7 Å². The first-order valence-electron chi connectivity index (χ1n) is 8.46. The van der Waals surface area contributed by atoms with Gasteiger partial charge in [-0.2, -0.15) is 0 Å². The van der Waals surface area contributed by atoms with Gasteiger partial charge in [-0.25, -0.2) is 9.37 Å². The first kappa shape index (κ1) is 20.9. The molecular weight excluding hydrogens is 464 g/mol. The van der Waals surface area contributed by atoms with Crippen LogP contribution in [0.15, 0.2) is 29.3 Å². The summed E-state index contributed by atoms with van der Waals surface area (Å²) < 4.78 is 13.9. The number of aromatic nitrogens is 1. The molecule has 0 bridgehead atoms. The third-order valence-electron chi connectivity index (χ3n) is 4.45. The van der Waals surface area contributed by atoms with Crippen LogP contribution in [0.3, 0.4) is 0 Å². The fraction of sp³-hybridized carbons (Fsp3) is 0.444. The molecule has 8 heteroatoms. The molecule has 0 radical (unpaired) electrons. The second-order valence-electron chi connectivity index (χ2n) is 6.08. The lowest BCUT2D eigenvalue weighted by atomic mass is 10.2. The molecular formula is C18H25FIN5S. The Morgan fingerprint density at radius 1 is 1.23 bits per heavy atom. The Kier molecular flexibility index (Phi) is 7.63. The number of hydrogen-bond acceptors (Lipinski definition) is 4. The molecule has 0 spiro atoms. The van der Waals surface area contributed by atoms with Gasteiger partial charge in [0, 0.05) is 38.1 Å². The zero-order valence-corrected chi connectivity index (χ0v) is 18.5. The average molecular weight is 489 g/mol. The van der Waals surface area contributed by atoms with Crippen molar-refractivity contribution in [2.24, 2.45) is 4.99 Å². The summed E-state index contributed by atoms with van der Waals surface area (Å²) in [5, 5.41) is 4.46. The van der Waals surface area contributed by atoms with Crippen molar-refractivity contribution >= 4 is 47.0 Å².